The van der Waals surface area contributed by atoms with Gasteiger partial charge in [0.25, 0.3) is 0 Å². The van der Waals surface area contributed by atoms with Crippen LogP contribution in [-0.4, -0.2) is 35.5 Å². The van der Waals surface area contributed by atoms with Gasteiger partial charge in [0.15, 0.2) is 0 Å². The summed E-state index contributed by atoms with van der Waals surface area (Å²) in [5, 5.41) is 11.1. The number of unbranched alkanes of at least 4 members (excludes halogenated alkanes) is 1. The quantitative estimate of drug-likeness (QED) is 0.707. The molecular formula is C11H20FNO4. The molecule has 100 valence electrons. The van der Waals surface area contributed by atoms with Gasteiger partial charge in [-0.1, -0.05) is 0 Å². The zero-order chi connectivity index (χ0) is 13.5. The highest BCUT2D eigenvalue weighted by molar-refractivity contribution is 5.79. The van der Waals surface area contributed by atoms with Crippen LogP contribution in [0, 0.1) is 0 Å². The average Bonchev–Trinajstić information content (AvgIpc) is 2.13. The lowest BCUT2D eigenvalue weighted by molar-refractivity contribution is -0.139. The van der Waals surface area contributed by atoms with Crippen LogP contribution in [0.1, 0.15) is 40.0 Å². The van der Waals surface area contributed by atoms with Gasteiger partial charge in [0.1, 0.15) is 11.6 Å². The van der Waals surface area contributed by atoms with Crippen molar-refractivity contribution in [2.45, 2.75) is 51.7 Å². The van der Waals surface area contributed by atoms with Crippen LogP contribution in [0.15, 0.2) is 0 Å². The van der Waals surface area contributed by atoms with Crippen molar-refractivity contribution in [3.05, 3.63) is 0 Å². The third-order valence-corrected chi connectivity index (χ3v) is 1.87. The topological polar surface area (TPSA) is 75.6 Å². The Kier molecular flexibility index (Phi) is 6.53. The van der Waals surface area contributed by atoms with Crippen LogP contribution in [0.4, 0.5) is 9.18 Å². The zero-order valence-electron chi connectivity index (χ0n) is 10.5. The van der Waals surface area contributed by atoms with Crippen molar-refractivity contribution in [2.24, 2.45) is 0 Å². The van der Waals surface area contributed by atoms with Gasteiger partial charge in [-0.2, -0.15) is 0 Å². The standard InChI is InChI=1S/C11H20FNO4/c1-11(2,3)17-10(16)13-8(9(14)15)6-4-5-7-12/h8H,4-7H2,1-3H3,(H,13,16)(H,14,15). The fourth-order valence-electron chi connectivity index (χ4n) is 1.15. The molecule has 6 heteroatoms. The first-order valence-corrected chi connectivity index (χ1v) is 5.54. The first-order chi connectivity index (χ1) is 7.76. The fourth-order valence-corrected chi connectivity index (χ4v) is 1.15. The minimum absolute atomic E-state index is 0.193. The molecule has 0 aromatic rings. The van der Waals surface area contributed by atoms with Crippen molar-refractivity contribution in [2.75, 3.05) is 6.67 Å². The molecule has 0 aliphatic carbocycles. The summed E-state index contributed by atoms with van der Waals surface area (Å²) >= 11 is 0. The summed E-state index contributed by atoms with van der Waals surface area (Å²) in [4.78, 5) is 22.2. The molecule has 0 heterocycles. The number of carboxylic acids is 1. The van der Waals surface area contributed by atoms with Gasteiger partial charge in [-0.3, -0.25) is 4.39 Å². The van der Waals surface area contributed by atoms with Crippen LogP contribution in [0.3, 0.4) is 0 Å². The molecule has 0 aliphatic rings. The second kappa shape index (κ2) is 7.09. The number of hydrogen-bond donors (Lipinski definition) is 2. The highest BCUT2D eigenvalue weighted by atomic mass is 19.1. The van der Waals surface area contributed by atoms with Gasteiger partial charge in [0.05, 0.1) is 6.67 Å². The second-order valence-corrected chi connectivity index (χ2v) is 4.72. The van der Waals surface area contributed by atoms with E-state index in [2.05, 4.69) is 5.32 Å². The molecule has 1 amide bonds. The molecule has 1 unspecified atom stereocenters. The van der Waals surface area contributed by atoms with Gasteiger partial charge in [0.2, 0.25) is 0 Å². The normalized spacial score (nSPS) is 12.9. The van der Waals surface area contributed by atoms with Crippen LogP contribution in [0.2, 0.25) is 0 Å². The Hall–Kier alpha value is -1.33. The summed E-state index contributed by atoms with van der Waals surface area (Å²) in [6, 6.07) is -1.03. The van der Waals surface area contributed by atoms with Crippen molar-refractivity contribution in [1.29, 1.82) is 0 Å². The van der Waals surface area contributed by atoms with Gasteiger partial charge >= 0.3 is 12.1 Å². The van der Waals surface area contributed by atoms with E-state index in [1.165, 1.54) is 0 Å². The van der Waals surface area contributed by atoms with Crippen LogP contribution in [-0.2, 0) is 9.53 Å². The maximum absolute atomic E-state index is 11.9. The Bertz CT molecular complexity index is 263. The molecule has 0 fully saturated rings. The number of carboxylic acid groups (broad SMARTS) is 1. The summed E-state index contributed by atoms with van der Waals surface area (Å²) in [6.45, 7) is 4.57. The fraction of sp³-hybridized carbons (Fsp3) is 0.818. The van der Waals surface area contributed by atoms with E-state index in [0.717, 1.165) is 0 Å². The lowest BCUT2D eigenvalue weighted by Gasteiger charge is -2.21. The zero-order valence-corrected chi connectivity index (χ0v) is 10.5. The number of alkyl halides is 1. The summed E-state index contributed by atoms with van der Waals surface area (Å²) in [5.41, 5.74) is -0.675. The monoisotopic (exact) mass is 249 g/mol. The number of nitrogens with one attached hydrogen (secondary N) is 1. The van der Waals surface area contributed by atoms with Crippen LogP contribution in [0.5, 0.6) is 0 Å². The molecule has 5 nitrogen and oxygen atoms in total. The Balaban J connectivity index is 4.16. The molecule has 0 saturated heterocycles. The maximum atomic E-state index is 11.9. The number of halogens is 1. The molecule has 0 bridgehead atoms. The Morgan fingerprint density at radius 2 is 1.94 bits per heavy atom. The highest BCUT2D eigenvalue weighted by Crippen LogP contribution is 2.08. The summed E-state index contributed by atoms with van der Waals surface area (Å²) in [7, 11) is 0. The molecule has 0 radical (unpaired) electrons. The van der Waals surface area contributed by atoms with E-state index >= 15 is 0 Å². The largest absolute Gasteiger partial charge is 0.480 e. The highest BCUT2D eigenvalue weighted by Gasteiger charge is 2.23. The number of rotatable bonds is 6. The van der Waals surface area contributed by atoms with Gasteiger partial charge in [-0.05, 0) is 40.0 Å². The minimum atomic E-state index is -1.14. The molecule has 17 heavy (non-hydrogen) atoms. The third kappa shape index (κ3) is 8.47. The lowest BCUT2D eigenvalue weighted by Crippen LogP contribution is -2.43. The number of hydrogen-bond acceptors (Lipinski definition) is 3. The van der Waals surface area contributed by atoms with E-state index in [1.807, 2.05) is 0 Å². The molecule has 2 N–H and O–H groups in total. The van der Waals surface area contributed by atoms with E-state index in [1.54, 1.807) is 20.8 Å². The van der Waals surface area contributed by atoms with Crippen LogP contribution in [0.25, 0.3) is 0 Å². The number of alkyl carbamates (subject to hydrolysis) is 1. The van der Waals surface area contributed by atoms with E-state index in [-0.39, 0.29) is 6.42 Å². The van der Waals surface area contributed by atoms with E-state index in [4.69, 9.17) is 9.84 Å². The lowest BCUT2D eigenvalue weighted by atomic mass is 10.1. The number of aliphatic carboxylic acids is 1. The van der Waals surface area contributed by atoms with Crippen molar-refractivity contribution in [1.82, 2.24) is 5.32 Å². The van der Waals surface area contributed by atoms with Gasteiger partial charge in [-0.15, -0.1) is 0 Å². The number of carbonyl (C=O) groups is 2. The summed E-state index contributed by atoms with van der Waals surface area (Å²) < 4.78 is 16.8. The molecule has 0 spiro atoms. The van der Waals surface area contributed by atoms with E-state index < -0.39 is 30.4 Å². The third-order valence-electron chi connectivity index (χ3n) is 1.87. The Labute approximate surface area is 100 Å². The maximum Gasteiger partial charge on any atom is 0.408 e. The van der Waals surface area contributed by atoms with Crippen LogP contribution >= 0.6 is 0 Å². The second-order valence-electron chi connectivity index (χ2n) is 4.72. The van der Waals surface area contributed by atoms with Crippen molar-refractivity contribution in [3.8, 4) is 0 Å². The van der Waals surface area contributed by atoms with Crippen molar-refractivity contribution >= 4 is 12.1 Å². The molecule has 0 aliphatic heterocycles. The Morgan fingerprint density at radius 1 is 1.35 bits per heavy atom. The van der Waals surface area contributed by atoms with E-state index in [0.29, 0.717) is 12.8 Å². The van der Waals surface area contributed by atoms with Gasteiger partial charge in [-0.25, -0.2) is 9.59 Å². The van der Waals surface area contributed by atoms with Crippen molar-refractivity contribution < 1.29 is 23.8 Å². The molecule has 1 atom stereocenters. The number of ether oxygens (including phenoxy) is 1. The smallest absolute Gasteiger partial charge is 0.408 e. The predicted octanol–water partition coefficient (Wildman–Crippen LogP) is 2.10. The molecule has 0 rings (SSSR count). The Morgan fingerprint density at radius 3 is 2.35 bits per heavy atom. The van der Waals surface area contributed by atoms with E-state index in [9.17, 15) is 14.0 Å². The van der Waals surface area contributed by atoms with Gasteiger partial charge < -0.3 is 15.2 Å². The first kappa shape index (κ1) is 15.7. The first-order valence-electron chi connectivity index (χ1n) is 5.54. The molecule has 0 saturated carbocycles. The minimum Gasteiger partial charge on any atom is -0.480 e. The van der Waals surface area contributed by atoms with Crippen LogP contribution < -0.4 is 5.32 Å². The molecular weight excluding hydrogens is 229 g/mol. The molecule has 0 aromatic carbocycles. The number of carbonyl (C=O) groups excluding carboxylic acids is 1. The van der Waals surface area contributed by atoms with Gasteiger partial charge in [0, 0.05) is 0 Å². The summed E-state index contributed by atoms with van der Waals surface area (Å²) in [6.07, 6.45) is 0.117. The van der Waals surface area contributed by atoms with Crippen molar-refractivity contribution in [3.63, 3.8) is 0 Å². The predicted molar refractivity (Wildman–Crippen MR) is 60.6 cm³/mol. The average molecular weight is 249 g/mol. The summed E-state index contributed by atoms with van der Waals surface area (Å²) in [5.74, 6) is -1.14. The number of amides is 1. The SMILES string of the molecule is CC(C)(C)OC(=O)NC(CCCCF)C(=O)O. The molecule has 0 aromatic heterocycles.